The maximum atomic E-state index is 11.8. The molecule has 6 heteroatoms. The van der Waals surface area contributed by atoms with Gasteiger partial charge in [-0.1, -0.05) is 0 Å². The van der Waals surface area contributed by atoms with Gasteiger partial charge in [-0.15, -0.1) is 11.3 Å². The number of hydrogen-bond acceptors (Lipinski definition) is 4. The van der Waals surface area contributed by atoms with Gasteiger partial charge in [0.15, 0.2) is 0 Å². The summed E-state index contributed by atoms with van der Waals surface area (Å²) in [6.45, 7) is 0. The molecule has 0 bridgehead atoms. The topological polar surface area (TPSA) is 75.6 Å². The molecule has 0 aliphatic heterocycles. The Kier molecular flexibility index (Phi) is 3.33. The summed E-state index contributed by atoms with van der Waals surface area (Å²) >= 11 is 1.24. The van der Waals surface area contributed by atoms with Gasteiger partial charge in [-0.2, -0.15) is 0 Å². The molecule has 1 heterocycles. The molecule has 1 saturated carbocycles. The smallest absolute Gasteiger partial charge is 0.326 e. The lowest BCUT2D eigenvalue weighted by molar-refractivity contribution is -0.139. The minimum Gasteiger partial charge on any atom is -0.496 e. The van der Waals surface area contributed by atoms with Crippen LogP contribution in [0.3, 0.4) is 0 Å². The Morgan fingerprint density at radius 2 is 2.29 bits per heavy atom. The van der Waals surface area contributed by atoms with Gasteiger partial charge in [0.2, 0.25) is 0 Å². The summed E-state index contributed by atoms with van der Waals surface area (Å²) in [6.07, 6.45) is 1.73. The first-order valence-corrected chi connectivity index (χ1v) is 6.16. The van der Waals surface area contributed by atoms with Crippen molar-refractivity contribution in [3.8, 4) is 5.75 Å². The Morgan fingerprint density at radius 1 is 1.59 bits per heavy atom. The molecule has 1 atom stereocenters. The molecule has 1 aliphatic rings. The fourth-order valence-electron chi connectivity index (χ4n) is 1.57. The molecule has 2 rings (SSSR count). The van der Waals surface area contributed by atoms with Crippen molar-refractivity contribution >= 4 is 23.2 Å². The molecule has 1 amide bonds. The van der Waals surface area contributed by atoms with Crippen molar-refractivity contribution in [2.24, 2.45) is 5.92 Å². The summed E-state index contributed by atoms with van der Waals surface area (Å²) in [7, 11) is 1.52. The highest BCUT2D eigenvalue weighted by molar-refractivity contribution is 7.12. The number of carbonyl (C=O) groups excluding carboxylic acids is 1. The molecule has 5 nitrogen and oxygen atoms in total. The van der Waals surface area contributed by atoms with Crippen LogP contribution in [0.25, 0.3) is 0 Å². The van der Waals surface area contributed by atoms with Crippen molar-refractivity contribution in [3.05, 3.63) is 16.3 Å². The molecular weight excluding hydrogens is 242 g/mol. The van der Waals surface area contributed by atoms with Crippen molar-refractivity contribution in [3.63, 3.8) is 0 Å². The predicted molar refractivity (Wildman–Crippen MR) is 62.5 cm³/mol. The average Bonchev–Trinajstić information content (AvgIpc) is 3.01. The largest absolute Gasteiger partial charge is 0.496 e. The molecule has 2 N–H and O–H groups in total. The van der Waals surface area contributed by atoms with Crippen molar-refractivity contribution in [1.29, 1.82) is 0 Å². The zero-order valence-corrected chi connectivity index (χ0v) is 10.1. The van der Waals surface area contributed by atoms with Crippen LogP contribution in [-0.4, -0.2) is 30.1 Å². The number of carboxylic acids is 1. The first-order valence-electron chi connectivity index (χ1n) is 5.28. The molecule has 1 unspecified atom stereocenters. The second-order valence-electron chi connectivity index (χ2n) is 3.98. The number of thiophene rings is 1. The molecular formula is C11H13NO4S. The maximum absolute atomic E-state index is 11.8. The van der Waals surface area contributed by atoms with E-state index in [0.717, 1.165) is 12.8 Å². The van der Waals surface area contributed by atoms with Gasteiger partial charge >= 0.3 is 5.97 Å². The standard InChI is InChI=1S/C11H13NO4S/c1-16-7-4-8(17-5-7)10(13)12-9(11(14)15)6-2-3-6/h4-6,9H,2-3H2,1H3,(H,12,13)(H,14,15). The number of ether oxygens (including phenoxy) is 1. The number of hydrogen-bond donors (Lipinski definition) is 2. The SMILES string of the molecule is COc1csc(C(=O)NC(C(=O)O)C2CC2)c1. The number of amides is 1. The number of rotatable bonds is 5. The molecule has 0 saturated heterocycles. The highest BCUT2D eigenvalue weighted by Crippen LogP contribution is 2.33. The third-order valence-electron chi connectivity index (χ3n) is 2.68. The number of aliphatic carboxylic acids is 1. The lowest BCUT2D eigenvalue weighted by atomic mass is 10.2. The van der Waals surface area contributed by atoms with E-state index in [1.165, 1.54) is 18.4 Å². The Bertz CT molecular complexity index is 438. The van der Waals surface area contributed by atoms with Crippen LogP contribution < -0.4 is 10.1 Å². The number of methoxy groups -OCH3 is 1. The van der Waals surface area contributed by atoms with Crippen LogP contribution in [-0.2, 0) is 4.79 Å². The van der Waals surface area contributed by atoms with Gasteiger partial charge < -0.3 is 15.2 Å². The molecule has 0 spiro atoms. The van der Waals surface area contributed by atoms with E-state index in [-0.39, 0.29) is 11.8 Å². The fourth-order valence-corrected chi connectivity index (χ4v) is 2.33. The Labute approximate surface area is 102 Å². The summed E-state index contributed by atoms with van der Waals surface area (Å²) in [6, 6.07) is 0.835. The van der Waals surface area contributed by atoms with Crippen LogP contribution in [0.2, 0.25) is 0 Å². The third kappa shape index (κ3) is 2.76. The van der Waals surface area contributed by atoms with Gasteiger partial charge in [-0.05, 0) is 18.8 Å². The van der Waals surface area contributed by atoms with Gasteiger partial charge in [0.25, 0.3) is 5.91 Å². The van der Waals surface area contributed by atoms with E-state index in [0.29, 0.717) is 10.6 Å². The molecule has 1 aromatic heterocycles. The zero-order chi connectivity index (χ0) is 12.4. The molecule has 1 aromatic rings. The van der Waals surface area contributed by atoms with Crippen LogP contribution in [0.1, 0.15) is 22.5 Å². The van der Waals surface area contributed by atoms with Crippen LogP contribution >= 0.6 is 11.3 Å². The van der Waals surface area contributed by atoms with Gasteiger partial charge in [0, 0.05) is 11.4 Å². The van der Waals surface area contributed by atoms with Crippen LogP contribution in [0, 0.1) is 5.92 Å². The third-order valence-corrected chi connectivity index (χ3v) is 3.59. The molecule has 92 valence electrons. The normalized spacial score (nSPS) is 16.3. The molecule has 0 radical (unpaired) electrons. The van der Waals surface area contributed by atoms with Crippen molar-refractivity contribution < 1.29 is 19.4 Å². The monoisotopic (exact) mass is 255 g/mol. The minimum atomic E-state index is -0.968. The lowest BCUT2D eigenvalue weighted by Gasteiger charge is -2.12. The number of nitrogens with one attached hydrogen (secondary N) is 1. The van der Waals surface area contributed by atoms with Crippen molar-refractivity contribution in [2.45, 2.75) is 18.9 Å². The van der Waals surface area contributed by atoms with Gasteiger partial charge in [0.05, 0.1) is 12.0 Å². The first kappa shape index (κ1) is 11.9. The molecule has 0 aromatic carbocycles. The van der Waals surface area contributed by atoms with E-state index in [1.807, 2.05) is 0 Å². The second kappa shape index (κ2) is 4.75. The average molecular weight is 255 g/mol. The van der Waals surface area contributed by atoms with E-state index < -0.39 is 12.0 Å². The number of carbonyl (C=O) groups is 2. The van der Waals surface area contributed by atoms with Gasteiger partial charge in [0.1, 0.15) is 11.8 Å². The van der Waals surface area contributed by atoms with Gasteiger partial charge in [-0.3, -0.25) is 4.79 Å². The lowest BCUT2D eigenvalue weighted by Crippen LogP contribution is -2.42. The minimum absolute atomic E-state index is 0.0818. The summed E-state index contributed by atoms with van der Waals surface area (Å²) in [4.78, 5) is 23.2. The highest BCUT2D eigenvalue weighted by atomic mass is 32.1. The van der Waals surface area contributed by atoms with E-state index in [2.05, 4.69) is 5.32 Å². The second-order valence-corrected chi connectivity index (χ2v) is 4.89. The molecule has 1 fully saturated rings. The number of carboxylic acid groups (broad SMARTS) is 1. The zero-order valence-electron chi connectivity index (χ0n) is 9.30. The van der Waals surface area contributed by atoms with E-state index in [9.17, 15) is 9.59 Å². The van der Waals surface area contributed by atoms with Crippen LogP contribution in [0.5, 0.6) is 5.75 Å². The van der Waals surface area contributed by atoms with Crippen molar-refractivity contribution in [2.75, 3.05) is 7.11 Å². The maximum Gasteiger partial charge on any atom is 0.326 e. The predicted octanol–water partition coefficient (Wildman–Crippen LogP) is 1.35. The van der Waals surface area contributed by atoms with Gasteiger partial charge in [-0.25, -0.2) is 4.79 Å². The fraction of sp³-hybridized carbons (Fsp3) is 0.455. The summed E-state index contributed by atoms with van der Waals surface area (Å²) in [5.74, 6) is -0.626. The molecule has 17 heavy (non-hydrogen) atoms. The van der Waals surface area contributed by atoms with Crippen LogP contribution in [0.15, 0.2) is 11.4 Å². The summed E-state index contributed by atoms with van der Waals surface area (Å²) in [5, 5.41) is 13.3. The Morgan fingerprint density at radius 3 is 2.76 bits per heavy atom. The molecule has 1 aliphatic carbocycles. The quantitative estimate of drug-likeness (QED) is 0.832. The van der Waals surface area contributed by atoms with Crippen LogP contribution in [0.4, 0.5) is 0 Å². The van der Waals surface area contributed by atoms with E-state index in [4.69, 9.17) is 9.84 Å². The van der Waals surface area contributed by atoms with E-state index in [1.54, 1.807) is 11.4 Å². The Balaban J connectivity index is 2.02. The van der Waals surface area contributed by atoms with E-state index >= 15 is 0 Å². The first-order chi connectivity index (χ1) is 8.11. The van der Waals surface area contributed by atoms with Crippen molar-refractivity contribution in [1.82, 2.24) is 5.32 Å². The Hall–Kier alpha value is -1.56. The summed E-state index contributed by atoms with van der Waals surface area (Å²) < 4.78 is 4.97. The highest BCUT2D eigenvalue weighted by Gasteiger charge is 2.37. The summed E-state index contributed by atoms with van der Waals surface area (Å²) in [5.41, 5.74) is 0.